The summed E-state index contributed by atoms with van der Waals surface area (Å²) in [6.45, 7) is 7.42. The van der Waals surface area contributed by atoms with Gasteiger partial charge in [-0.1, -0.05) is 29.0 Å². The molecule has 0 N–H and O–H groups in total. The van der Waals surface area contributed by atoms with Crippen LogP contribution in [0.2, 0.25) is 0 Å². The minimum atomic E-state index is -0.500. The van der Waals surface area contributed by atoms with Gasteiger partial charge in [-0.15, -0.1) is 0 Å². The van der Waals surface area contributed by atoms with E-state index < -0.39 is 5.97 Å². The Hall–Kier alpha value is -2.74. The molecule has 0 aliphatic heterocycles. The number of esters is 1. The van der Waals surface area contributed by atoms with Crippen LogP contribution in [-0.2, 0) is 16.1 Å². The molecular weight excluding hydrogens is 354 g/mol. The van der Waals surface area contributed by atoms with Crippen molar-refractivity contribution in [3.63, 3.8) is 0 Å². The number of hydrogen-bond acceptors (Lipinski definition) is 7. The number of aromatic nitrogens is 3. The van der Waals surface area contributed by atoms with Gasteiger partial charge in [0.05, 0.1) is 0 Å². The van der Waals surface area contributed by atoms with E-state index >= 15 is 0 Å². The number of rotatable bonds is 5. The summed E-state index contributed by atoms with van der Waals surface area (Å²) in [6, 6.07) is 5.41. The topological polar surface area (TPSA) is 82.8 Å². The molecule has 0 aliphatic carbocycles. The molecule has 26 heavy (non-hydrogen) atoms. The lowest BCUT2D eigenvalue weighted by molar-refractivity contribution is -0.147. The van der Waals surface area contributed by atoms with Crippen LogP contribution in [0.3, 0.4) is 0 Å². The highest BCUT2D eigenvalue weighted by Crippen LogP contribution is 2.24. The Bertz CT molecular complexity index is 1020. The zero-order chi connectivity index (χ0) is 18.8. The number of aryl methyl sites for hydroxylation is 4. The average Bonchev–Trinajstić information content (AvgIpc) is 2.95. The summed E-state index contributed by atoms with van der Waals surface area (Å²) in [7, 11) is 0. The predicted molar refractivity (Wildman–Crippen MR) is 97.8 cm³/mol. The van der Waals surface area contributed by atoms with Gasteiger partial charge < -0.3 is 9.47 Å². The van der Waals surface area contributed by atoms with Crippen LogP contribution in [-0.4, -0.2) is 27.2 Å². The Morgan fingerprint density at radius 3 is 2.54 bits per heavy atom. The zero-order valence-electron chi connectivity index (χ0n) is 15.0. The second-order valence-electron chi connectivity index (χ2n) is 6.10. The van der Waals surface area contributed by atoms with Crippen LogP contribution in [0.15, 0.2) is 23.0 Å². The first kappa shape index (κ1) is 18.1. The van der Waals surface area contributed by atoms with Crippen LogP contribution in [0.4, 0.5) is 0 Å². The van der Waals surface area contributed by atoms with E-state index in [-0.39, 0.29) is 18.8 Å². The lowest BCUT2D eigenvalue weighted by Gasteiger charge is -2.12. The second-order valence-corrected chi connectivity index (χ2v) is 7.14. The molecule has 0 spiro atoms. The minimum absolute atomic E-state index is 0.0272. The quantitative estimate of drug-likeness (QED) is 0.639. The van der Waals surface area contributed by atoms with Crippen LogP contribution in [0.1, 0.15) is 27.4 Å². The minimum Gasteiger partial charge on any atom is -0.481 e. The maximum absolute atomic E-state index is 12.0. The molecule has 0 radical (unpaired) electrons. The van der Waals surface area contributed by atoms with Gasteiger partial charge in [0.15, 0.2) is 11.6 Å². The molecule has 136 valence electrons. The second kappa shape index (κ2) is 7.25. The number of benzene rings is 1. The van der Waals surface area contributed by atoms with E-state index in [1.54, 1.807) is 6.92 Å². The molecule has 0 saturated carbocycles. The van der Waals surface area contributed by atoms with Gasteiger partial charge in [0, 0.05) is 11.8 Å². The van der Waals surface area contributed by atoms with Crippen molar-refractivity contribution in [1.29, 1.82) is 0 Å². The molecule has 0 atom stereocenters. The number of nitrogens with zero attached hydrogens (tertiary/aromatic N) is 3. The molecule has 1 aromatic carbocycles. The fourth-order valence-corrected chi connectivity index (χ4v) is 3.59. The SMILES string of the molecule is Cc1cc(C)c(OCC(=O)OCc2nn3c(=O)cc(C)nc3s2)c(C)c1. The smallest absolute Gasteiger partial charge is 0.344 e. The monoisotopic (exact) mass is 373 g/mol. The van der Waals surface area contributed by atoms with Gasteiger partial charge in [-0.3, -0.25) is 4.79 Å². The third-order valence-corrected chi connectivity index (χ3v) is 4.59. The molecule has 0 aliphatic rings. The molecular formula is C18H19N3O4S. The Morgan fingerprint density at radius 1 is 1.15 bits per heavy atom. The molecule has 7 nitrogen and oxygen atoms in total. The van der Waals surface area contributed by atoms with Gasteiger partial charge in [-0.2, -0.15) is 9.61 Å². The number of fused-ring (bicyclic) bond motifs is 1. The molecule has 0 fully saturated rings. The third-order valence-electron chi connectivity index (χ3n) is 3.71. The van der Waals surface area contributed by atoms with Gasteiger partial charge in [-0.05, 0) is 38.8 Å². The fourth-order valence-electron chi connectivity index (χ4n) is 2.73. The van der Waals surface area contributed by atoms with E-state index in [1.807, 2.05) is 32.9 Å². The summed E-state index contributed by atoms with van der Waals surface area (Å²) in [6.07, 6.45) is 0. The highest BCUT2D eigenvalue weighted by atomic mass is 32.1. The Labute approximate surface area is 154 Å². The van der Waals surface area contributed by atoms with Crippen molar-refractivity contribution in [3.05, 3.63) is 55.9 Å². The maximum Gasteiger partial charge on any atom is 0.344 e. The van der Waals surface area contributed by atoms with E-state index in [0.29, 0.717) is 21.4 Å². The van der Waals surface area contributed by atoms with Crippen molar-refractivity contribution in [2.75, 3.05) is 6.61 Å². The van der Waals surface area contributed by atoms with Crippen molar-refractivity contribution in [3.8, 4) is 5.75 Å². The summed E-state index contributed by atoms with van der Waals surface area (Å²) in [4.78, 5) is 28.5. The number of carbonyl (C=O) groups excluding carboxylic acids is 1. The van der Waals surface area contributed by atoms with Crippen molar-refractivity contribution in [2.24, 2.45) is 0 Å². The zero-order valence-corrected chi connectivity index (χ0v) is 15.8. The molecule has 2 heterocycles. The maximum atomic E-state index is 12.0. The number of hydrogen-bond donors (Lipinski definition) is 0. The molecule has 2 aromatic heterocycles. The van der Waals surface area contributed by atoms with E-state index in [2.05, 4.69) is 10.1 Å². The van der Waals surface area contributed by atoms with Crippen molar-refractivity contribution in [2.45, 2.75) is 34.3 Å². The van der Waals surface area contributed by atoms with E-state index in [4.69, 9.17) is 9.47 Å². The third kappa shape index (κ3) is 3.91. The summed E-state index contributed by atoms with van der Waals surface area (Å²) >= 11 is 1.21. The summed E-state index contributed by atoms with van der Waals surface area (Å²) in [5, 5.41) is 4.62. The number of ether oxygens (including phenoxy) is 2. The van der Waals surface area contributed by atoms with E-state index in [0.717, 1.165) is 16.7 Å². The van der Waals surface area contributed by atoms with Crippen LogP contribution >= 0.6 is 11.3 Å². The molecule has 0 bridgehead atoms. The molecule has 0 unspecified atom stereocenters. The largest absolute Gasteiger partial charge is 0.481 e. The van der Waals surface area contributed by atoms with Gasteiger partial charge in [0.2, 0.25) is 4.96 Å². The summed E-state index contributed by atoms with van der Waals surface area (Å²) in [5.74, 6) is 0.193. The van der Waals surface area contributed by atoms with Crippen LogP contribution in [0.25, 0.3) is 4.96 Å². The molecule has 0 amide bonds. The van der Waals surface area contributed by atoms with Gasteiger partial charge in [0.25, 0.3) is 5.56 Å². The normalized spacial score (nSPS) is 10.9. The van der Waals surface area contributed by atoms with E-state index in [9.17, 15) is 9.59 Å². The van der Waals surface area contributed by atoms with Crippen molar-refractivity contribution >= 4 is 22.3 Å². The van der Waals surface area contributed by atoms with Gasteiger partial charge >= 0.3 is 5.97 Å². The Balaban J connectivity index is 1.61. The standard InChI is InChI=1S/C18H19N3O4S/c1-10-5-11(2)17(12(3)6-10)25-9-16(23)24-8-14-20-21-15(22)7-13(4)19-18(21)26-14/h5-7H,8-9H2,1-4H3. The van der Waals surface area contributed by atoms with Crippen LogP contribution in [0, 0.1) is 27.7 Å². The molecule has 8 heteroatoms. The lowest BCUT2D eigenvalue weighted by Crippen LogP contribution is -2.16. The van der Waals surface area contributed by atoms with Gasteiger partial charge in [0.1, 0.15) is 12.4 Å². The lowest BCUT2D eigenvalue weighted by atomic mass is 10.1. The first-order valence-electron chi connectivity index (χ1n) is 8.06. The molecule has 0 saturated heterocycles. The first-order valence-corrected chi connectivity index (χ1v) is 8.88. The summed E-state index contributed by atoms with van der Waals surface area (Å²) < 4.78 is 12.0. The van der Waals surface area contributed by atoms with Crippen molar-refractivity contribution in [1.82, 2.24) is 14.6 Å². The summed E-state index contributed by atoms with van der Waals surface area (Å²) in [5.41, 5.74) is 3.46. The Kier molecular flexibility index (Phi) is 5.03. The number of carbonyl (C=O) groups is 1. The van der Waals surface area contributed by atoms with Crippen LogP contribution < -0.4 is 10.3 Å². The van der Waals surface area contributed by atoms with Gasteiger partial charge in [-0.25, -0.2) is 9.78 Å². The van der Waals surface area contributed by atoms with Crippen LogP contribution in [0.5, 0.6) is 5.75 Å². The Morgan fingerprint density at radius 2 is 1.85 bits per heavy atom. The fraction of sp³-hybridized carbons (Fsp3) is 0.333. The highest BCUT2D eigenvalue weighted by Gasteiger charge is 2.12. The van der Waals surface area contributed by atoms with Crippen molar-refractivity contribution < 1.29 is 14.3 Å². The average molecular weight is 373 g/mol. The van der Waals surface area contributed by atoms with E-state index in [1.165, 1.54) is 21.9 Å². The first-order chi connectivity index (χ1) is 12.3. The molecule has 3 aromatic rings. The predicted octanol–water partition coefficient (Wildman–Crippen LogP) is 2.51. The molecule has 3 rings (SSSR count). The highest BCUT2D eigenvalue weighted by molar-refractivity contribution is 7.16.